The largest absolute Gasteiger partial charge is 0.497 e. The van der Waals surface area contributed by atoms with E-state index in [1.54, 1.807) is 7.11 Å². The fourth-order valence-corrected chi connectivity index (χ4v) is 3.62. The first-order chi connectivity index (χ1) is 14.7. The lowest BCUT2D eigenvalue weighted by Crippen LogP contribution is -2.31. The molecule has 1 aromatic heterocycles. The Hall–Kier alpha value is -3.41. The van der Waals surface area contributed by atoms with Gasteiger partial charge >= 0.3 is 0 Å². The minimum atomic E-state index is 0.118. The first kappa shape index (κ1) is 19.9. The van der Waals surface area contributed by atoms with Crippen LogP contribution in [0.2, 0.25) is 0 Å². The molecule has 0 atom stereocenters. The smallest absolute Gasteiger partial charge is 0.253 e. The summed E-state index contributed by atoms with van der Waals surface area (Å²) in [4.78, 5) is 14.7. The Labute approximate surface area is 176 Å². The zero-order chi connectivity index (χ0) is 20.8. The Balaban J connectivity index is 1.39. The molecule has 1 N–H and O–H groups in total. The fraction of sp³-hybridized carbons (Fsp3) is 0.292. The predicted molar refractivity (Wildman–Crippen MR) is 118 cm³/mol. The van der Waals surface area contributed by atoms with Crippen molar-refractivity contribution >= 4 is 17.4 Å². The fourth-order valence-electron chi connectivity index (χ4n) is 3.62. The van der Waals surface area contributed by atoms with Crippen LogP contribution in [0.5, 0.6) is 5.75 Å². The summed E-state index contributed by atoms with van der Waals surface area (Å²) in [7, 11) is 1.65. The molecule has 30 heavy (non-hydrogen) atoms. The summed E-state index contributed by atoms with van der Waals surface area (Å²) < 4.78 is 5.18. The van der Waals surface area contributed by atoms with E-state index in [-0.39, 0.29) is 5.91 Å². The summed E-state index contributed by atoms with van der Waals surface area (Å²) in [5.41, 5.74) is 3.37. The van der Waals surface area contributed by atoms with E-state index in [2.05, 4.69) is 15.5 Å². The van der Waals surface area contributed by atoms with Crippen LogP contribution in [0.25, 0.3) is 11.3 Å². The van der Waals surface area contributed by atoms with Crippen molar-refractivity contribution in [3.05, 3.63) is 66.2 Å². The molecule has 6 nitrogen and oxygen atoms in total. The van der Waals surface area contributed by atoms with E-state index in [0.29, 0.717) is 5.82 Å². The van der Waals surface area contributed by atoms with Crippen LogP contribution in [0.4, 0.5) is 11.5 Å². The van der Waals surface area contributed by atoms with E-state index in [1.807, 2.05) is 65.6 Å². The second kappa shape index (κ2) is 9.39. The summed E-state index contributed by atoms with van der Waals surface area (Å²) in [5, 5.41) is 11.8. The Kier molecular flexibility index (Phi) is 6.23. The minimum Gasteiger partial charge on any atom is -0.497 e. The highest BCUT2D eigenvalue weighted by Gasteiger charge is 2.17. The van der Waals surface area contributed by atoms with Gasteiger partial charge in [0.25, 0.3) is 5.91 Å². The molecule has 3 aromatic rings. The average Bonchev–Trinajstić information content (AvgIpc) is 3.09. The average molecular weight is 402 g/mol. The molecule has 154 valence electrons. The zero-order valence-corrected chi connectivity index (χ0v) is 17.2. The number of nitrogens with zero attached hydrogens (tertiary/aromatic N) is 3. The zero-order valence-electron chi connectivity index (χ0n) is 17.2. The van der Waals surface area contributed by atoms with Crippen molar-refractivity contribution in [3.63, 3.8) is 0 Å². The van der Waals surface area contributed by atoms with Gasteiger partial charge in [-0.15, -0.1) is 10.2 Å². The van der Waals surface area contributed by atoms with Crippen LogP contribution in [-0.2, 0) is 0 Å². The summed E-state index contributed by atoms with van der Waals surface area (Å²) in [5.74, 6) is 1.58. The molecular formula is C24H26N4O2. The normalized spacial score (nSPS) is 14.1. The number of likely N-dealkylation sites (tertiary alicyclic amines) is 1. The quantitative estimate of drug-likeness (QED) is 0.657. The maximum absolute atomic E-state index is 12.7. The van der Waals surface area contributed by atoms with Gasteiger partial charge in [0.2, 0.25) is 0 Å². The number of anilines is 2. The van der Waals surface area contributed by atoms with E-state index < -0.39 is 0 Å². The first-order valence-electron chi connectivity index (χ1n) is 10.4. The van der Waals surface area contributed by atoms with Crippen LogP contribution in [0, 0.1) is 0 Å². The third-order valence-electron chi connectivity index (χ3n) is 5.35. The van der Waals surface area contributed by atoms with Crippen molar-refractivity contribution in [2.45, 2.75) is 25.7 Å². The summed E-state index contributed by atoms with van der Waals surface area (Å²) in [6.07, 6.45) is 4.61. The topological polar surface area (TPSA) is 67.3 Å². The van der Waals surface area contributed by atoms with E-state index in [0.717, 1.165) is 54.2 Å². The van der Waals surface area contributed by atoms with Crippen LogP contribution < -0.4 is 10.1 Å². The second-order valence-electron chi connectivity index (χ2n) is 7.44. The molecule has 0 bridgehead atoms. The highest BCUT2D eigenvalue weighted by molar-refractivity contribution is 5.94. The molecule has 0 radical (unpaired) electrons. The maximum atomic E-state index is 12.7. The number of carbonyl (C=O) groups excluding carboxylic acids is 1. The molecule has 0 aliphatic carbocycles. The van der Waals surface area contributed by atoms with Gasteiger partial charge in [-0.2, -0.15) is 0 Å². The molecule has 1 fully saturated rings. The summed E-state index contributed by atoms with van der Waals surface area (Å²) >= 11 is 0. The van der Waals surface area contributed by atoms with Crippen molar-refractivity contribution in [2.75, 3.05) is 25.5 Å². The van der Waals surface area contributed by atoms with Crippen molar-refractivity contribution in [2.24, 2.45) is 0 Å². The molecule has 1 aliphatic rings. The number of ether oxygens (including phenoxy) is 1. The van der Waals surface area contributed by atoms with Gasteiger partial charge in [-0.1, -0.05) is 12.8 Å². The molecule has 0 spiro atoms. The number of nitrogens with one attached hydrogen (secondary N) is 1. The van der Waals surface area contributed by atoms with Gasteiger partial charge in [0.15, 0.2) is 5.82 Å². The number of methoxy groups -OCH3 is 1. The first-order valence-corrected chi connectivity index (χ1v) is 10.4. The molecule has 0 unspecified atom stereocenters. The summed E-state index contributed by atoms with van der Waals surface area (Å²) in [6, 6.07) is 19.1. The Bertz CT molecular complexity index is 962. The third kappa shape index (κ3) is 4.76. The van der Waals surface area contributed by atoms with Gasteiger partial charge in [0.1, 0.15) is 5.75 Å². The van der Waals surface area contributed by atoms with Gasteiger partial charge in [-0.05, 0) is 73.5 Å². The van der Waals surface area contributed by atoms with Gasteiger partial charge in [-0.25, -0.2) is 0 Å². The van der Waals surface area contributed by atoms with Gasteiger partial charge < -0.3 is 15.0 Å². The number of amides is 1. The molecule has 0 saturated carbocycles. The summed E-state index contributed by atoms with van der Waals surface area (Å²) in [6.45, 7) is 1.71. The number of carbonyl (C=O) groups is 1. The number of benzene rings is 2. The molecular weight excluding hydrogens is 376 g/mol. The lowest BCUT2D eigenvalue weighted by atomic mass is 10.1. The number of rotatable bonds is 5. The Morgan fingerprint density at radius 2 is 1.57 bits per heavy atom. The van der Waals surface area contributed by atoms with Crippen molar-refractivity contribution in [1.82, 2.24) is 15.1 Å². The SMILES string of the molecule is COc1ccc(-c2ccc(Nc3ccc(C(=O)N4CCCCCC4)cc3)nn2)cc1. The maximum Gasteiger partial charge on any atom is 0.253 e. The standard InChI is InChI=1S/C24H26N4O2/c1-30-21-12-8-18(9-13-21)22-14-15-23(27-26-22)25-20-10-6-19(7-11-20)24(29)28-16-4-2-3-5-17-28/h6-15H,2-5,16-17H2,1H3,(H,25,27). The van der Waals surface area contributed by atoms with E-state index >= 15 is 0 Å². The van der Waals surface area contributed by atoms with Gasteiger partial charge in [0.05, 0.1) is 12.8 Å². The highest BCUT2D eigenvalue weighted by atomic mass is 16.5. The van der Waals surface area contributed by atoms with E-state index in [1.165, 1.54) is 12.8 Å². The molecule has 1 amide bonds. The Morgan fingerprint density at radius 3 is 2.17 bits per heavy atom. The monoisotopic (exact) mass is 402 g/mol. The van der Waals surface area contributed by atoms with E-state index in [9.17, 15) is 4.79 Å². The lowest BCUT2D eigenvalue weighted by Gasteiger charge is -2.20. The van der Waals surface area contributed by atoms with Crippen LogP contribution in [-0.4, -0.2) is 41.2 Å². The number of aromatic nitrogens is 2. The molecule has 1 saturated heterocycles. The van der Waals surface area contributed by atoms with Crippen molar-refractivity contribution in [3.8, 4) is 17.0 Å². The lowest BCUT2D eigenvalue weighted by molar-refractivity contribution is 0.0761. The van der Waals surface area contributed by atoms with Crippen molar-refractivity contribution in [1.29, 1.82) is 0 Å². The van der Waals surface area contributed by atoms with Gasteiger partial charge in [-0.3, -0.25) is 4.79 Å². The van der Waals surface area contributed by atoms with Crippen LogP contribution in [0.1, 0.15) is 36.0 Å². The predicted octanol–water partition coefficient (Wildman–Crippen LogP) is 4.91. The Morgan fingerprint density at radius 1 is 0.867 bits per heavy atom. The molecule has 4 rings (SSSR count). The number of hydrogen-bond acceptors (Lipinski definition) is 5. The number of hydrogen-bond donors (Lipinski definition) is 1. The van der Waals surface area contributed by atoms with Crippen LogP contribution >= 0.6 is 0 Å². The van der Waals surface area contributed by atoms with Gasteiger partial charge in [0, 0.05) is 29.9 Å². The van der Waals surface area contributed by atoms with Crippen molar-refractivity contribution < 1.29 is 9.53 Å². The molecule has 1 aliphatic heterocycles. The van der Waals surface area contributed by atoms with Crippen LogP contribution in [0.3, 0.4) is 0 Å². The minimum absolute atomic E-state index is 0.118. The molecule has 2 heterocycles. The second-order valence-corrected chi connectivity index (χ2v) is 7.44. The highest BCUT2D eigenvalue weighted by Crippen LogP contribution is 2.22. The molecule has 2 aromatic carbocycles. The molecule has 6 heteroatoms. The van der Waals surface area contributed by atoms with E-state index in [4.69, 9.17) is 4.74 Å². The van der Waals surface area contributed by atoms with Crippen LogP contribution in [0.15, 0.2) is 60.7 Å². The third-order valence-corrected chi connectivity index (χ3v) is 5.35.